The zero-order valence-corrected chi connectivity index (χ0v) is 16.1. The number of carbonyl (C=O) groups excluding carboxylic acids is 1. The van der Waals surface area contributed by atoms with Gasteiger partial charge in [0.05, 0.1) is 6.04 Å². The molecule has 0 aliphatic carbocycles. The Balaban J connectivity index is 1.71. The number of hydrogen-bond donors (Lipinski definition) is 0. The van der Waals surface area contributed by atoms with E-state index >= 15 is 0 Å². The Hall–Kier alpha value is -2.29. The van der Waals surface area contributed by atoms with E-state index in [1.807, 2.05) is 25.7 Å². The molecule has 2 aromatic rings. The summed E-state index contributed by atoms with van der Waals surface area (Å²) in [7, 11) is 0. The Bertz CT molecular complexity index is 891. The molecule has 3 heteroatoms. The van der Waals surface area contributed by atoms with E-state index in [0.717, 1.165) is 19.3 Å². The van der Waals surface area contributed by atoms with Crippen molar-refractivity contribution in [3.63, 3.8) is 0 Å². The van der Waals surface area contributed by atoms with Gasteiger partial charge in [-0.1, -0.05) is 42.5 Å². The molecule has 1 saturated heterocycles. The van der Waals surface area contributed by atoms with E-state index in [0.29, 0.717) is 0 Å². The Kier molecular flexibility index (Phi) is 4.06. The van der Waals surface area contributed by atoms with Crippen LogP contribution in [0.4, 0.5) is 4.79 Å². The lowest BCUT2D eigenvalue weighted by molar-refractivity contribution is 0.0175. The van der Waals surface area contributed by atoms with Crippen molar-refractivity contribution in [1.29, 1.82) is 0 Å². The molecule has 3 nitrogen and oxygen atoms in total. The third-order valence-corrected chi connectivity index (χ3v) is 5.46. The van der Waals surface area contributed by atoms with Gasteiger partial charge in [0.25, 0.3) is 0 Å². The summed E-state index contributed by atoms with van der Waals surface area (Å²) in [5, 5.41) is 2.58. The molecule has 26 heavy (non-hydrogen) atoms. The molecule has 2 unspecified atom stereocenters. The van der Waals surface area contributed by atoms with Gasteiger partial charge in [-0.2, -0.15) is 0 Å². The van der Waals surface area contributed by atoms with Gasteiger partial charge >= 0.3 is 6.09 Å². The maximum atomic E-state index is 12.7. The van der Waals surface area contributed by atoms with Crippen LogP contribution in [0.25, 0.3) is 16.3 Å². The van der Waals surface area contributed by atoms with E-state index in [4.69, 9.17) is 4.74 Å². The summed E-state index contributed by atoms with van der Waals surface area (Å²) in [6.45, 7) is 7.97. The first-order valence-corrected chi connectivity index (χ1v) is 9.54. The van der Waals surface area contributed by atoms with Crippen LogP contribution in [-0.2, 0) is 4.74 Å². The highest BCUT2D eigenvalue weighted by Gasteiger charge is 2.41. The molecule has 1 fully saturated rings. The number of fused-ring (bicyclic) bond motifs is 3. The minimum absolute atomic E-state index is 0.150. The fourth-order valence-corrected chi connectivity index (χ4v) is 4.42. The van der Waals surface area contributed by atoms with Crippen molar-refractivity contribution >= 4 is 22.4 Å². The Morgan fingerprint density at radius 3 is 2.62 bits per heavy atom. The Labute approximate surface area is 155 Å². The summed E-state index contributed by atoms with van der Waals surface area (Å²) in [5.74, 6) is 0. The number of nitrogens with zero attached hydrogens (tertiary/aromatic N) is 1. The minimum atomic E-state index is -0.452. The molecule has 0 spiro atoms. The summed E-state index contributed by atoms with van der Waals surface area (Å²) in [4.78, 5) is 14.6. The van der Waals surface area contributed by atoms with Gasteiger partial charge < -0.3 is 4.74 Å². The van der Waals surface area contributed by atoms with Gasteiger partial charge in [-0.15, -0.1) is 0 Å². The van der Waals surface area contributed by atoms with Crippen LogP contribution < -0.4 is 0 Å². The second-order valence-corrected chi connectivity index (χ2v) is 8.56. The van der Waals surface area contributed by atoms with Gasteiger partial charge in [0.1, 0.15) is 5.60 Å². The highest BCUT2D eigenvalue weighted by Crippen LogP contribution is 2.41. The van der Waals surface area contributed by atoms with E-state index in [1.165, 1.54) is 27.5 Å². The molecular formula is C23H27NO2. The third-order valence-electron chi connectivity index (χ3n) is 5.46. The van der Waals surface area contributed by atoms with Gasteiger partial charge in [0.15, 0.2) is 0 Å². The molecule has 0 radical (unpaired) electrons. The molecule has 2 atom stereocenters. The van der Waals surface area contributed by atoms with Gasteiger partial charge in [-0.3, -0.25) is 4.90 Å². The first-order valence-electron chi connectivity index (χ1n) is 9.54. The van der Waals surface area contributed by atoms with Crippen LogP contribution in [0, 0.1) is 6.92 Å². The van der Waals surface area contributed by atoms with Crippen LogP contribution >= 0.6 is 0 Å². The summed E-state index contributed by atoms with van der Waals surface area (Å²) in [6, 6.07) is 13.4. The SMILES string of the molecule is Cc1ccc2ccccc2c1C1=CC2CCC(C1)N2C(=O)OC(C)(C)C. The van der Waals surface area contributed by atoms with Crippen LogP contribution in [0.15, 0.2) is 42.5 Å². The first kappa shape index (κ1) is 17.1. The van der Waals surface area contributed by atoms with E-state index in [1.54, 1.807) is 0 Å². The lowest BCUT2D eigenvalue weighted by Crippen LogP contribution is -2.45. The number of rotatable bonds is 1. The second-order valence-electron chi connectivity index (χ2n) is 8.56. The van der Waals surface area contributed by atoms with Crippen LogP contribution in [0.5, 0.6) is 0 Å². The van der Waals surface area contributed by atoms with E-state index in [2.05, 4.69) is 49.4 Å². The van der Waals surface area contributed by atoms with Crippen LogP contribution in [-0.4, -0.2) is 28.7 Å². The molecule has 0 N–H and O–H groups in total. The monoisotopic (exact) mass is 349 g/mol. The van der Waals surface area contributed by atoms with Crippen molar-refractivity contribution in [2.45, 2.75) is 64.6 Å². The van der Waals surface area contributed by atoms with Crippen molar-refractivity contribution in [2.75, 3.05) is 0 Å². The summed E-state index contributed by atoms with van der Waals surface area (Å²) < 4.78 is 5.65. The quantitative estimate of drug-likeness (QED) is 0.660. The van der Waals surface area contributed by atoms with Crippen molar-refractivity contribution in [2.24, 2.45) is 0 Å². The third kappa shape index (κ3) is 3.00. The predicted octanol–water partition coefficient (Wildman–Crippen LogP) is 5.70. The fourth-order valence-electron chi connectivity index (χ4n) is 4.42. The number of carbonyl (C=O) groups is 1. The zero-order valence-electron chi connectivity index (χ0n) is 16.1. The minimum Gasteiger partial charge on any atom is -0.444 e. The second kappa shape index (κ2) is 6.15. The molecule has 4 rings (SSSR count). The average molecular weight is 349 g/mol. The van der Waals surface area contributed by atoms with E-state index in [-0.39, 0.29) is 18.2 Å². The maximum Gasteiger partial charge on any atom is 0.411 e. The van der Waals surface area contributed by atoms with E-state index in [9.17, 15) is 4.79 Å². The maximum absolute atomic E-state index is 12.7. The fraction of sp³-hybridized carbons (Fsp3) is 0.435. The molecule has 2 aliphatic rings. The lowest BCUT2D eigenvalue weighted by Gasteiger charge is -2.35. The molecule has 1 amide bonds. The Morgan fingerprint density at radius 1 is 1.12 bits per heavy atom. The smallest absolute Gasteiger partial charge is 0.411 e. The normalized spacial score (nSPS) is 22.5. The number of amides is 1. The zero-order chi connectivity index (χ0) is 18.5. The van der Waals surface area contributed by atoms with Crippen molar-refractivity contribution in [3.05, 3.63) is 53.6 Å². The number of aryl methyl sites for hydroxylation is 1. The molecule has 2 aliphatic heterocycles. The predicted molar refractivity (Wildman–Crippen MR) is 106 cm³/mol. The molecule has 0 saturated carbocycles. The summed E-state index contributed by atoms with van der Waals surface area (Å²) >= 11 is 0. The summed E-state index contributed by atoms with van der Waals surface area (Å²) in [5.41, 5.74) is 3.59. The molecule has 2 bridgehead atoms. The number of hydrogen-bond acceptors (Lipinski definition) is 2. The first-order chi connectivity index (χ1) is 12.3. The lowest BCUT2D eigenvalue weighted by atomic mass is 9.88. The van der Waals surface area contributed by atoms with Crippen molar-refractivity contribution in [1.82, 2.24) is 4.90 Å². The standard InChI is InChI=1S/C23H27NO2/c1-15-9-10-16-7-5-6-8-20(16)21(15)17-13-18-11-12-19(14-17)24(18)22(25)26-23(2,3)4/h5-10,13,18-19H,11-12,14H2,1-4H3. The van der Waals surface area contributed by atoms with Gasteiger partial charge in [0, 0.05) is 6.04 Å². The number of benzene rings is 2. The van der Waals surface area contributed by atoms with E-state index < -0.39 is 5.60 Å². The molecular weight excluding hydrogens is 322 g/mol. The highest BCUT2D eigenvalue weighted by molar-refractivity contribution is 5.96. The molecule has 2 aromatic carbocycles. The van der Waals surface area contributed by atoms with Crippen LogP contribution in [0.1, 0.15) is 51.2 Å². The molecule has 0 aromatic heterocycles. The average Bonchev–Trinajstić information content (AvgIpc) is 2.84. The van der Waals surface area contributed by atoms with Gasteiger partial charge in [0.2, 0.25) is 0 Å². The van der Waals surface area contributed by atoms with Gasteiger partial charge in [-0.25, -0.2) is 4.79 Å². The molecule has 2 heterocycles. The highest BCUT2D eigenvalue weighted by atomic mass is 16.6. The topological polar surface area (TPSA) is 29.5 Å². The number of ether oxygens (including phenoxy) is 1. The van der Waals surface area contributed by atoms with Crippen molar-refractivity contribution in [3.8, 4) is 0 Å². The van der Waals surface area contributed by atoms with Crippen LogP contribution in [0.3, 0.4) is 0 Å². The largest absolute Gasteiger partial charge is 0.444 e. The van der Waals surface area contributed by atoms with Crippen molar-refractivity contribution < 1.29 is 9.53 Å². The van der Waals surface area contributed by atoms with Gasteiger partial charge in [-0.05, 0) is 74.4 Å². The molecule has 136 valence electrons. The summed E-state index contributed by atoms with van der Waals surface area (Å²) in [6.07, 6.45) is 5.12. The Morgan fingerprint density at radius 2 is 1.88 bits per heavy atom. The van der Waals surface area contributed by atoms with Crippen LogP contribution in [0.2, 0.25) is 0 Å².